The van der Waals surface area contributed by atoms with Gasteiger partial charge in [-0.05, 0) is 90.3 Å². The number of amides is 4. The van der Waals surface area contributed by atoms with Gasteiger partial charge in [0.25, 0.3) is 0 Å². The number of esters is 1. The number of urea groups is 1. The van der Waals surface area contributed by atoms with Crippen molar-refractivity contribution in [3.8, 4) is 0 Å². The van der Waals surface area contributed by atoms with Crippen LogP contribution in [0.5, 0.6) is 0 Å². The normalized spacial score (nSPS) is 15.5. The highest BCUT2D eigenvalue weighted by Gasteiger charge is 2.40. The van der Waals surface area contributed by atoms with Crippen LogP contribution in [0.15, 0.2) is 95.5 Å². The Balaban J connectivity index is 1.35. The zero-order valence-corrected chi connectivity index (χ0v) is 35.5. The number of nitrogens with one attached hydrogen (secondary N) is 3. The maximum atomic E-state index is 14.3. The second-order valence-electron chi connectivity index (χ2n) is 17.1. The summed E-state index contributed by atoms with van der Waals surface area (Å²) in [5.74, 6) is -0.190. The molecule has 13 nitrogen and oxygen atoms in total. The van der Waals surface area contributed by atoms with Crippen molar-refractivity contribution >= 4 is 24.0 Å². The number of aromatic nitrogens is 2. The van der Waals surface area contributed by atoms with Gasteiger partial charge >= 0.3 is 18.1 Å². The molecule has 3 aromatic carbocycles. The molecule has 13 heteroatoms. The van der Waals surface area contributed by atoms with Crippen molar-refractivity contribution in [1.82, 2.24) is 31.0 Å². The Morgan fingerprint density at radius 3 is 1.90 bits per heavy atom. The lowest BCUT2D eigenvalue weighted by Gasteiger charge is -2.37. The molecule has 3 atom stereocenters. The van der Waals surface area contributed by atoms with Crippen molar-refractivity contribution < 1.29 is 33.2 Å². The Bertz CT molecular complexity index is 1880. The van der Waals surface area contributed by atoms with Crippen LogP contribution >= 0.6 is 0 Å². The molecule has 0 radical (unpaired) electrons. The molecule has 316 valence electrons. The van der Waals surface area contributed by atoms with Gasteiger partial charge in [0, 0.05) is 25.4 Å². The van der Waals surface area contributed by atoms with E-state index in [9.17, 15) is 19.2 Å². The fourth-order valence-electron chi connectivity index (χ4n) is 7.24. The van der Waals surface area contributed by atoms with Gasteiger partial charge in [0.1, 0.15) is 28.8 Å². The minimum absolute atomic E-state index is 0.00733. The van der Waals surface area contributed by atoms with Crippen LogP contribution < -0.4 is 16.0 Å². The molecule has 4 aromatic rings. The van der Waals surface area contributed by atoms with Gasteiger partial charge in [-0.1, -0.05) is 109 Å². The zero-order valence-electron chi connectivity index (χ0n) is 35.5. The van der Waals surface area contributed by atoms with Gasteiger partial charge in [0.15, 0.2) is 5.82 Å². The van der Waals surface area contributed by atoms with Crippen LogP contribution in [0.4, 0.5) is 9.59 Å². The van der Waals surface area contributed by atoms with Gasteiger partial charge in [-0.15, -0.1) is 0 Å². The molecule has 1 unspecified atom stereocenters. The van der Waals surface area contributed by atoms with E-state index in [1.54, 1.807) is 20.8 Å². The van der Waals surface area contributed by atoms with Crippen molar-refractivity contribution in [3.63, 3.8) is 0 Å². The Morgan fingerprint density at radius 1 is 0.797 bits per heavy atom. The van der Waals surface area contributed by atoms with E-state index in [0.29, 0.717) is 31.8 Å². The van der Waals surface area contributed by atoms with Gasteiger partial charge in [0.05, 0.1) is 0 Å². The SMILES string of the molecule is C[C@@H](CCCCNC(=O)OC(C)(C)C)c1noc([C@H](CCC(=O)NC(c2ccccc2)(c2ccccc2)c2ccccc2)NC(=O)N2CCCC2C(=O)OC(C)(C)C)n1. The molecule has 1 fully saturated rings. The predicted molar refractivity (Wildman–Crippen MR) is 224 cm³/mol. The lowest BCUT2D eigenvalue weighted by Crippen LogP contribution is -2.49. The summed E-state index contributed by atoms with van der Waals surface area (Å²) in [5, 5.41) is 13.5. The van der Waals surface area contributed by atoms with E-state index in [4.69, 9.17) is 19.0 Å². The molecule has 5 rings (SSSR count). The third kappa shape index (κ3) is 12.4. The number of ether oxygens (including phenoxy) is 2. The second kappa shape index (κ2) is 19.8. The first-order valence-corrected chi connectivity index (χ1v) is 20.6. The molecule has 2 heterocycles. The maximum Gasteiger partial charge on any atom is 0.407 e. The van der Waals surface area contributed by atoms with E-state index in [0.717, 1.165) is 36.0 Å². The lowest BCUT2D eigenvalue weighted by molar-refractivity contribution is -0.159. The first kappa shape index (κ1) is 44.4. The minimum atomic E-state index is -1.02. The highest BCUT2D eigenvalue weighted by molar-refractivity contribution is 5.85. The lowest BCUT2D eigenvalue weighted by atomic mass is 9.77. The fourth-order valence-corrected chi connectivity index (χ4v) is 7.24. The number of likely N-dealkylation sites (tertiary alicyclic amines) is 1. The molecule has 1 aromatic heterocycles. The maximum absolute atomic E-state index is 14.3. The second-order valence-corrected chi connectivity index (χ2v) is 17.1. The molecule has 0 aliphatic carbocycles. The Hall–Kier alpha value is -5.72. The largest absolute Gasteiger partial charge is 0.458 e. The van der Waals surface area contributed by atoms with E-state index in [1.807, 2.05) is 119 Å². The summed E-state index contributed by atoms with van der Waals surface area (Å²) in [6.07, 6.45) is 3.02. The number of carbonyl (C=O) groups is 4. The Labute approximate surface area is 348 Å². The molecule has 1 aliphatic heterocycles. The molecule has 0 spiro atoms. The monoisotopic (exact) mass is 808 g/mol. The van der Waals surface area contributed by atoms with Crippen LogP contribution in [-0.4, -0.2) is 69.4 Å². The summed E-state index contributed by atoms with van der Waals surface area (Å²) < 4.78 is 16.8. The number of nitrogens with zero attached hydrogens (tertiary/aromatic N) is 3. The smallest absolute Gasteiger partial charge is 0.407 e. The summed E-state index contributed by atoms with van der Waals surface area (Å²) in [4.78, 5) is 59.7. The molecular weight excluding hydrogens is 749 g/mol. The number of alkyl carbamates (subject to hydrolysis) is 1. The number of hydrogen-bond donors (Lipinski definition) is 3. The van der Waals surface area contributed by atoms with Crippen LogP contribution in [0, 0.1) is 0 Å². The standard InChI is InChI=1S/C46H60N6O7/c1-32(20-17-18-30-47-43(56)58-45(5,6)7)39-49-40(59-51-39)36(48-42(55)52-31-19-27-37(52)41(54)57-44(2,3)4)28-29-38(53)50-46(33-21-11-8-12-22-33,34-23-13-9-14-24-34)35-25-15-10-16-26-35/h8-16,21-26,32,36-37H,17-20,27-31H2,1-7H3,(H,47,56)(H,48,55)(H,50,53)/t32-,36-,37?/m0/s1. The minimum Gasteiger partial charge on any atom is -0.458 e. The van der Waals surface area contributed by atoms with Crippen LogP contribution in [0.1, 0.15) is 134 Å². The number of rotatable bonds is 16. The number of benzene rings is 3. The van der Waals surface area contributed by atoms with Crippen molar-refractivity contribution in [1.29, 1.82) is 0 Å². The Morgan fingerprint density at radius 2 is 1.36 bits per heavy atom. The van der Waals surface area contributed by atoms with Crippen LogP contribution in [0.2, 0.25) is 0 Å². The van der Waals surface area contributed by atoms with Crippen LogP contribution in [0.25, 0.3) is 0 Å². The van der Waals surface area contributed by atoms with E-state index >= 15 is 0 Å². The van der Waals surface area contributed by atoms with Gasteiger partial charge in [0.2, 0.25) is 11.8 Å². The van der Waals surface area contributed by atoms with E-state index in [-0.39, 0.29) is 30.6 Å². The molecular formula is C46H60N6O7. The highest BCUT2D eigenvalue weighted by Crippen LogP contribution is 2.37. The first-order valence-electron chi connectivity index (χ1n) is 20.6. The van der Waals surface area contributed by atoms with Crippen molar-refractivity contribution in [3.05, 3.63) is 119 Å². The molecule has 59 heavy (non-hydrogen) atoms. The predicted octanol–water partition coefficient (Wildman–Crippen LogP) is 8.31. The van der Waals surface area contributed by atoms with Crippen LogP contribution in [0.3, 0.4) is 0 Å². The van der Waals surface area contributed by atoms with E-state index in [1.165, 1.54) is 4.90 Å². The van der Waals surface area contributed by atoms with Crippen molar-refractivity contribution in [2.45, 2.75) is 128 Å². The molecule has 3 N–H and O–H groups in total. The molecule has 0 bridgehead atoms. The van der Waals surface area contributed by atoms with Crippen molar-refractivity contribution in [2.24, 2.45) is 0 Å². The topological polar surface area (TPSA) is 165 Å². The first-order chi connectivity index (χ1) is 28.1. The van der Waals surface area contributed by atoms with Gasteiger partial charge < -0.3 is 34.8 Å². The molecule has 1 saturated heterocycles. The summed E-state index contributed by atoms with van der Waals surface area (Å²) >= 11 is 0. The zero-order chi connectivity index (χ0) is 42.6. The van der Waals surface area contributed by atoms with E-state index < -0.39 is 46.9 Å². The van der Waals surface area contributed by atoms with E-state index in [2.05, 4.69) is 21.1 Å². The van der Waals surface area contributed by atoms with Gasteiger partial charge in [-0.3, -0.25) is 4.79 Å². The molecule has 4 amide bonds. The summed E-state index contributed by atoms with van der Waals surface area (Å²) in [5.41, 5.74) is 0.349. The fraction of sp³-hybridized carbons (Fsp3) is 0.478. The highest BCUT2D eigenvalue weighted by atomic mass is 16.6. The summed E-state index contributed by atoms with van der Waals surface area (Å²) in [6, 6.07) is 27.4. The third-order valence-corrected chi connectivity index (χ3v) is 10.0. The Kier molecular flexibility index (Phi) is 14.9. The third-order valence-electron chi connectivity index (χ3n) is 10.0. The number of unbranched alkanes of at least 4 members (excludes halogenated alkanes) is 1. The summed E-state index contributed by atoms with van der Waals surface area (Å²) in [6.45, 7) is 13.7. The van der Waals surface area contributed by atoms with Crippen LogP contribution in [-0.2, 0) is 24.6 Å². The quantitative estimate of drug-likeness (QED) is 0.0574. The summed E-state index contributed by atoms with van der Waals surface area (Å²) in [7, 11) is 0. The molecule has 1 aliphatic rings. The molecule has 0 saturated carbocycles. The van der Waals surface area contributed by atoms with Crippen molar-refractivity contribution in [2.75, 3.05) is 13.1 Å². The van der Waals surface area contributed by atoms with Gasteiger partial charge in [-0.25, -0.2) is 14.4 Å². The number of carbonyl (C=O) groups excluding carboxylic acids is 4. The average Bonchev–Trinajstić information content (AvgIpc) is 3.90. The van der Waals surface area contributed by atoms with Gasteiger partial charge in [-0.2, -0.15) is 4.98 Å². The number of hydrogen-bond acceptors (Lipinski definition) is 9. The average molecular weight is 809 g/mol.